The van der Waals surface area contributed by atoms with E-state index in [1.165, 1.54) is 52.7 Å². The van der Waals surface area contributed by atoms with E-state index in [2.05, 4.69) is 57.5 Å². The molecule has 1 aliphatic carbocycles. The van der Waals surface area contributed by atoms with Gasteiger partial charge in [-0.15, -0.1) is 0 Å². The fourth-order valence-electron chi connectivity index (χ4n) is 3.96. The van der Waals surface area contributed by atoms with Gasteiger partial charge in [-0.05, 0) is 52.8 Å². The Kier molecular flexibility index (Phi) is 11.1. The third kappa shape index (κ3) is 6.84. The van der Waals surface area contributed by atoms with Crippen LogP contribution in [0.3, 0.4) is 0 Å². The van der Waals surface area contributed by atoms with Gasteiger partial charge >= 0.3 is 0 Å². The Bertz CT molecular complexity index is 730. The second kappa shape index (κ2) is 12.7. The first-order valence-corrected chi connectivity index (χ1v) is 11.8. The largest absolute Gasteiger partial charge is 0.388 e. The van der Waals surface area contributed by atoms with Crippen LogP contribution in [0.4, 0.5) is 0 Å². The summed E-state index contributed by atoms with van der Waals surface area (Å²) < 4.78 is 1.35. The summed E-state index contributed by atoms with van der Waals surface area (Å²) in [4.78, 5) is 4.34. The summed E-state index contributed by atoms with van der Waals surface area (Å²) in [6, 6.07) is 8.62. The first kappa shape index (κ1) is 24.4. The van der Waals surface area contributed by atoms with Crippen molar-refractivity contribution in [3.05, 3.63) is 56.5 Å². The normalized spacial score (nSPS) is 17.6. The monoisotopic (exact) mass is 535 g/mol. The van der Waals surface area contributed by atoms with Gasteiger partial charge in [-0.3, -0.25) is 0 Å². The third-order valence-corrected chi connectivity index (χ3v) is 7.07. The molecule has 1 heterocycles. The molecule has 0 fully saturated rings. The maximum absolute atomic E-state index is 10.4. The van der Waals surface area contributed by atoms with E-state index in [4.69, 9.17) is 0 Å². The molecule has 0 bridgehead atoms. The molecule has 28 heavy (non-hydrogen) atoms. The van der Waals surface area contributed by atoms with Gasteiger partial charge in [0.2, 0.25) is 0 Å². The van der Waals surface area contributed by atoms with Crippen LogP contribution < -0.4 is 0 Å². The van der Waals surface area contributed by atoms with Gasteiger partial charge in [0.15, 0.2) is 0 Å². The van der Waals surface area contributed by atoms with E-state index in [-0.39, 0.29) is 38.8 Å². The SMILES string of the molecule is CCCCCC(O)c1ccc(C2=C(Br)CC[C@@H]2CCCc2nc[c-]s2)cc1.[Y]. The second-order valence-corrected chi connectivity index (χ2v) is 9.32. The predicted octanol–water partition coefficient (Wildman–Crippen LogP) is 7.09. The molecule has 5 heteroatoms. The van der Waals surface area contributed by atoms with Crippen LogP contribution in [-0.2, 0) is 39.1 Å². The Labute approximate surface area is 207 Å². The quantitative estimate of drug-likeness (QED) is 0.260. The van der Waals surface area contributed by atoms with Crippen molar-refractivity contribution in [1.82, 2.24) is 4.98 Å². The first-order valence-electron chi connectivity index (χ1n) is 10.2. The van der Waals surface area contributed by atoms with E-state index in [0.717, 1.165) is 31.2 Å². The molecule has 1 unspecified atom stereocenters. The van der Waals surface area contributed by atoms with Gasteiger partial charge in [-0.2, -0.15) is 5.38 Å². The minimum Gasteiger partial charge on any atom is -0.388 e. The van der Waals surface area contributed by atoms with E-state index in [1.54, 1.807) is 17.5 Å². The van der Waals surface area contributed by atoms with Crippen LogP contribution in [0, 0.1) is 11.3 Å². The average Bonchev–Trinajstić information content (AvgIpc) is 3.32. The fourth-order valence-corrected chi connectivity index (χ4v) is 5.33. The van der Waals surface area contributed by atoms with Crippen molar-refractivity contribution in [1.29, 1.82) is 0 Å². The molecule has 2 atom stereocenters. The number of aliphatic hydroxyl groups excluding tert-OH is 1. The zero-order chi connectivity index (χ0) is 19.1. The van der Waals surface area contributed by atoms with Crippen molar-refractivity contribution in [2.24, 2.45) is 5.92 Å². The molecule has 1 aromatic heterocycles. The van der Waals surface area contributed by atoms with Gasteiger partial charge < -0.3 is 21.4 Å². The molecule has 0 aliphatic heterocycles. The molecular formula is C23H29BrNOSY-. The number of aliphatic hydroxyl groups is 1. The Morgan fingerprint density at radius 2 is 2.04 bits per heavy atom. The average molecular weight is 536 g/mol. The molecule has 149 valence electrons. The molecule has 3 rings (SSSR count). The van der Waals surface area contributed by atoms with E-state index >= 15 is 0 Å². The number of hydrogen-bond donors (Lipinski definition) is 1. The van der Waals surface area contributed by atoms with Gasteiger partial charge in [0.25, 0.3) is 0 Å². The van der Waals surface area contributed by atoms with E-state index in [0.29, 0.717) is 5.92 Å². The Morgan fingerprint density at radius 3 is 2.71 bits per heavy atom. The van der Waals surface area contributed by atoms with Crippen LogP contribution in [0.1, 0.15) is 80.5 Å². The van der Waals surface area contributed by atoms with Gasteiger partial charge in [-0.1, -0.05) is 90.4 Å². The van der Waals surface area contributed by atoms with Gasteiger partial charge in [0, 0.05) is 32.7 Å². The van der Waals surface area contributed by atoms with Crippen LogP contribution in [0.25, 0.3) is 5.57 Å². The second-order valence-electron chi connectivity index (χ2n) is 7.45. The predicted molar refractivity (Wildman–Crippen MR) is 118 cm³/mol. The molecule has 2 nitrogen and oxygen atoms in total. The van der Waals surface area contributed by atoms with Crippen molar-refractivity contribution in [2.45, 2.75) is 70.8 Å². The molecule has 1 radical (unpaired) electrons. The smallest absolute Gasteiger partial charge is 0.0790 e. The van der Waals surface area contributed by atoms with Gasteiger partial charge in [0.1, 0.15) is 0 Å². The summed E-state index contributed by atoms with van der Waals surface area (Å²) in [5, 5.41) is 14.7. The number of unbranched alkanes of at least 4 members (excludes halogenated alkanes) is 2. The zero-order valence-electron chi connectivity index (χ0n) is 16.7. The van der Waals surface area contributed by atoms with Crippen molar-refractivity contribution in [3.63, 3.8) is 0 Å². The van der Waals surface area contributed by atoms with Crippen LogP contribution in [0.5, 0.6) is 0 Å². The maximum Gasteiger partial charge on any atom is 0.0790 e. The molecule has 0 amide bonds. The number of halogens is 1. The van der Waals surface area contributed by atoms with E-state index in [9.17, 15) is 5.11 Å². The van der Waals surface area contributed by atoms with Crippen molar-refractivity contribution < 1.29 is 37.8 Å². The number of rotatable bonds is 10. The standard InChI is InChI=1S/C23H29BrNOS.Y/c1-2-3-4-7-21(26)17-9-11-19(12-10-17)23-18(13-14-20(23)24)6-5-8-22-25-15-16-27-22;/h9-12,15,18,21,26H,2-8,13-14H2,1H3;/q-1;/t18-,21?;/m0./s1. The van der Waals surface area contributed by atoms with Crippen molar-refractivity contribution in [2.75, 3.05) is 0 Å². The van der Waals surface area contributed by atoms with Crippen LogP contribution >= 0.6 is 27.3 Å². The number of benzene rings is 1. The Hall–Kier alpha value is 0.134. The van der Waals surface area contributed by atoms with Crippen molar-refractivity contribution in [3.8, 4) is 0 Å². The van der Waals surface area contributed by atoms with Gasteiger partial charge in [-0.25, -0.2) is 0 Å². The zero-order valence-corrected chi connectivity index (χ0v) is 21.9. The van der Waals surface area contributed by atoms with Crippen molar-refractivity contribution >= 4 is 32.8 Å². The van der Waals surface area contributed by atoms with Crippen LogP contribution in [-0.4, -0.2) is 10.1 Å². The number of allylic oxidation sites excluding steroid dienone is 2. The molecular weight excluding hydrogens is 507 g/mol. The molecule has 0 saturated carbocycles. The number of aryl methyl sites for hydroxylation is 1. The number of nitrogens with zero attached hydrogens (tertiary/aromatic N) is 1. The Morgan fingerprint density at radius 1 is 1.25 bits per heavy atom. The van der Waals surface area contributed by atoms with E-state index in [1.807, 2.05) is 0 Å². The minimum absolute atomic E-state index is 0. The number of aromatic nitrogens is 1. The summed E-state index contributed by atoms with van der Waals surface area (Å²) in [6.07, 6.45) is 11.5. The summed E-state index contributed by atoms with van der Waals surface area (Å²) >= 11 is 5.45. The molecule has 0 saturated heterocycles. The molecule has 0 spiro atoms. The summed E-state index contributed by atoms with van der Waals surface area (Å²) in [5.41, 5.74) is 3.81. The molecule has 2 aromatic rings. The molecule has 1 aliphatic rings. The van der Waals surface area contributed by atoms with Gasteiger partial charge in [0.05, 0.1) is 6.10 Å². The molecule has 1 N–H and O–H groups in total. The number of hydrogen-bond acceptors (Lipinski definition) is 3. The molecule has 1 aromatic carbocycles. The number of thiazole rings is 1. The minimum atomic E-state index is -0.336. The summed E-state index contributed by atoms with van der Waals surface area (Å²) in [6.45, 7) is 2.19. The summed E-state index contributed by atoms with van der Waals surface area (Å²) in [7, 11) is 0. The van der Waals surface area contributed by atoms with E-state index < -0.39 is 0 Å². The maximum atomic E-state index is 10.4. The topological polar surface area (TPSA) is 33.1 Å². The Balaban J connectivity index is 0.00000280. The first-order chi connectivity index (χ1) is 13.2. The third-order valence-electron chi connectivity index (χ3n) is 5.48. The fraction of sp³-hybridized carbons (Fsp3) is 0.522. The van der Waals surface area contributed by atoms with Crippen LogP contribution in [0.2, 0.25) is 0 Å². The summed E-state index contributed by atoms with van der Waals surface area (Å²) in [5.74, 6) is 0.614. The van der Waals surface area contributed by atoms with Crippen LogP contribution in [0.15, 0.2) is 34.9 Å².